The zero-order valence-corrected chi connectivity index (χ0v) is 26.0. The van der Waals surface area contributed by atoms with E-state index in [1.165, 1.54) is 0 Å². The van der Waals surface area contributed by atoms with Gasteiger partial charge in [-0.3, -0.25) is 14.5 Å². The summed E-state index contributed by atoms with van der Waals surface area (Å²) in [5, 5.41) is 5.59. The lowest BCUT2D eigenvalue weighted by atomic mass is 9.98. The van der Waals surface area contributed by atoms with Crippen LogP contribution in [-0.4, -0.2) is 60.5 Å². The van der Waals surface area contributed by atoms with Gasteiger partial charge >= 0.3 is 0 Å². The highest BCUT2D eigenvalue weighted by molar-refractivity contribution is 7.91. The largest absolute Gasteiger partial charge is 0.358 e. The normalized spacial score (nSPS) is 18.1. The molecule has 1 fully saturated rings. The van der Waals surface area contributed by atoms with Crippen LogP contribution in [0.2, 0.25) is 5.02 Å². The van der Waals surface area contributed by atoms with Crippen molar-refractivity contribution >= 4 is 39.3 Å². The molecule has 3 N–H and O–H groups in total. The number of sulfone groups is 1. The Morgan fingerprint density at radius 2 is 1.90 bits per heavy atom. The molecule has 2 amide bonds. The van der Waals surface area contributed by atoms with E-state index in [1.54, 1.807) is 42.5 Å². The Morgan fingerprint density at radius 3 is 2.56 bits per heavy atom. The third kappa shape index (κ3) is 6.85. The molecule has 1 saturated heterocycles. The minimum absolute atomic E-state index is 0.148. The summed E-state index contributed by atoms with van der Waals surface area (Å²) in [6.45, 7) is 13.5. The van der Waals surface area contributed by atoms with Crippen LogP contribution in [0.25, 0.3) is 6.08 Å². The summed E-state index contributed by atoms with van der Waals surface area (Å²) in [6, 6.07) is 7.56. The number of hydrogen-bond acceptors (Lipinski definition) is 5. The van der Waals surface area contributed by atoms with Gasteiger partial charge in [0.1, 0.15) is 0 Å². The zero-order valence-electron chi connectivity index (χ0n) is 24.5. The van der Waals surface area contributed by atoms with Gasteiger partial charge in [0.25, 0.3) is 11.8 Å². The number of H-pyrrole nitrogens is 1. The maximum absolute atomic E-state index is 13.3. The predicted octanol–water partition coefficient (Wildman–Crippen LogP) is 4.84. The topological polar surface area (TPSA) is 111 Å². The average Bonchev–Trinajstić information content (AvgIpc) is 3.34. The first kappa shape index (κ1) is 30.8. The third-order valence-electron chi connectivity index (χ3n) is 7.67. The van der Waals surface area contributed by atoms with Crippen molar-refractivity contribution in [2.24, 2.45) is 0 Å². The van der Waals surface area contributed by atoms with Crippen molar-refractivity contribution in [1.29, 1.82) is 0 Å². The molecule has 2 aliphatic rings. The minimum atomic E-state index is -3.56. The van der Waals surface area contributed by atoms with Crippen molar-refractivity contribution in [1.82, 2.24) is 20.5 Å². The molecule has 41 heavy (non-hydrogen) atoms. The van der Waals surface area contributed by atoms with Gasteiger partial charge in [0.2, 0.25) is 0 Å². The van der Waals surface area contributed by atoms with E-state index in [-0.39, 0.29) is 24.0 Å². The first-order valence-corrected chi connectivity index (χ1v) is 16.0. The molecule has 10 heteroatoms. The molecule has 1 atom stereocenters. The number of nitrogens with zero attached hydrogens (tertiary/aromatic N) is 1. The number of carbonyl (C=O) groups is 2. The fourth-order valence-corrected chi connectivity index (χ4v) is 7.42. The molecule has 1 unspecified atom stereocenters. The molecule has 4 rings (SSSR count). The van der Waals surface area contributed by atoms with Crippen molar-refractivity contribution in [3.63, 3.8) is 0 Å². The first-order valence-electron chi connectivity index (χ1n) is 13.9. The molecule has 1 aromatic heterocycles. The number of halogens is 1. The lowest BCUT2D eigenvalue weighted by molar-refractivity contribution is -0.115. The van der Waals surface area contributed by atoms with Gasteiger partial charge in [-0.15, -0.1) is 0 Å². The summed E-state index contributed by atoms with van der Waals surface area (Å²) >= 11 is 6.05. The van der Waals surface area contributed by atoms with Gasteiger partial charge in [0.15, 0.2) is 9.84 Å². The van der Waals surface area contributed by atoms with Crippen LogP contribution in [0.15, 0.2) is 53.3 Å². The fourth-order valence-electron chi connectivity index (χ4n) is 5.62. The molecule has 0 radical (unpaired) electrons. The van der Waals surface area contributed by atoms with Crippen molar-refractivity contribution in [3.8, 4) is 0 Å². The summed E-state index contributed by atoms with van der Waals surface area (Å²) in [5.74, 6) is -0.630. The number of fused-ring (bicyclic) bond motifs is 1. The Kier molecular flexibility index (Phi) is 9.31. The molecule has 0 bridgehead atoms. The van der Waals surface area contributed by atoms with Gasteiger partial charge in [-0.25, -0.2) is 8.42 Å². The van der Waals surface area contributed by atoms with Crippen molar-refractivity contribution in [3.05, 3.63) is 86.4 Å². The van der Waals surface area contributed by atoms with E-state index in [0.29, 0.717) is 63.0 Å². The summed E-state index contributed by atoms with van der Waals surface area (Å²) in [5.41, 5.74) is 4.75. The lowest BCUT2D eigenvalue weighted by Gasteiger charge is -2.30. The zero-order chi connectivity index (χ0) is 30.1. The molecule has 2 heterocycles. The second-order valence-corrected chi connectivity index (χ2v) is 13.9. The molecule has 8 nitrogen and oxygen atoms in total. The highest BCUT2D eigenvalue weighted by atomic mass is 35.5. The number of carbonyl (C=O) groups excluding carboxylic acids is 2. The van der Waals surface area contributed by atoms with Gasteiger partial charge in [-0.1, -0.05) is 35.9 Å². The molecule has 0 saturated carbocycles. The monoisotopic (exact) mass is 598 g/mol. The SMILES string of the molecule is Cc1[nH]c(/C=C2\C(=O)NC3=CCC(S(=O)(=O)Cc4cccc(Cl)c4)C=C32)c(C)c1C(=O)NCCN(C(C)C)C(C)C. The van der Waals surface area contributed by atoms with Crippen LogP contribution in [0.4, 0.5) is 0 Å². The van der Waals surface area contributed by atoms with Crippen LogP contribution >= 0.6 is 11.6 Å². The van der Waals surface area contributed by atoms with Gasteiger partial charge in [0.05, 0.1) is 22.1 Å². The number of amides is 2. The van der Waals surface area contributed by atoms with E-state index in [1.807, 2.05) is 13.8 Å². The van der Waals surface area contributed by atoms with E-state index in [2.05, 4.69) is 48.2 Å². The summed E-state index contributed by atoms with van der Waals surface area (Å²) in [7, 11) is -3.56. The third-order valence-corrected chi connectivity index (χ3v) is 9.89. The molecular weight excluding hydrogens is 560 g/mol. The predicted molar refractivity (Wildman–Crippen MR) is 164 cm³/mol. The van der Waals surface area contributed by atoms with E-state index in [9.17, 15) is 18.0 Å². The number of allylic oxidation sites excluding steroid dienone is 2. The maximum atomic E-state index is 13.3. The number of benzene rings is 1. The first-order chi connectivity index (χ1) is 19.3. The number of aryl methyl sites for hydroxylation is 1. The van der Waals surface area contributed by atoms with E-state index in [4.69, 9.17) is 11.6 Å². The van der Waals surface area contributed by atoms with Gasteiger partial charge < -0.3 is 15.6 Å². The average molecular weight is 599 g/mol. The standard InChI is InChI=1S/C31H39ClN4O4S/c1-18(2)36(19(3)4)13-12-33-31(38)29-20(5)28(34-21(29)6)16-26-25-15-24(10-11-27(25)35-30(26)37)41(39,40)17-22-8-7-9-23(32)14-22/h7-9,11,14-16,18-19,24,34H,10,12-13,17H2,1-6H3,(H,33,38)(H,35,37)/b26-16-. The van der Waals surface area contributed by atoms with Gasteiger partial charge in [-0.2, -0.15) is 0 Å². The van der Waals surface area contributed by atoms with Crippen LogP contribution in [-0.2, 0) is 20.4 Å². The van der Waals surface area contributed by atoms with E-state index < -0.39 is 15.1 Å². The van der Waals surface area contributed by atoms with Crippen LogP contribution in [0, 0.1) is 13.8 Å². The number of aromatic amines is 1. The fraction of sp³-hybridized carbons (Fsp3) is 0.419. The summed E-state index contributed by atoms with van der Waals surface area (Å²) in [4.78, 5) is 31.7. The van der Waals surface area contributed by atoms with Gasteiger partial charge in [-0.05, 0) is 77.3 Å². The Balaban J connectivity index is 1.56. The quantitative estimate of drug-likeness (QED) is 0.339. The molecule has 1 aliphatic carbocycles. The molecule has 0 spiro atoms. The number of aromatic nitrogens is 1. The van der Waals surface area contributed by atoms with Crippen molar-refractivity contribution in [2.45, 2.75) is 71.0 Å². The van der Waals surface area contributed by atoms with E-state index in [0.717, 1.165) is 12.1 Å². The molecule has 1 aromatic carbocycles. The number of rotatable bonds is 10. The number of nitrogens with one attached hydrogen (secondary N) is 3. The molecule has 2 aromatic rings. The summed E-state index contributed by atoms with van der Waals surface area (Å²) in [6.07, 6.45) is 5.39. The molecule has 220 valence electrons. The highest BCUT2D eigenvalue weighted by Gasteiger charge is 2.34. The second-order valence-electron chi connectivity index (χ2n) is 11.3. The van der Waals surface area contributed by atoms with Crippen LogP contribution < -0.4 is 10.6 Å². The Hall–Kier alpha value is -3.14. The lowest BCUT2D eigenvalue weighted by Crippen LogP contribution is -2.42. The summed E-state index contributed by atoms with van der Waals surface area (Å²) < 4.78 is 26.6. The van der Waals surface area contributed by atoms with Crippen LogP contribution in [0.3, 0.4) is 0 Å². The van der Waals surface area contributed by atoms with Gasteiger partial charge in [0, 0.05) is 52.9 Å². The number of hydrogen-bond donors (Lipinski definition) is 3. The minimum Gasteiger partial charge on any atom is -0.358 e. The Labute approximate surface area is 247 Å². The van der Waals surface area contributed by atoms with Crippen molar-refractivity contribution < 1.29 is 18.0 Å². The van der Waals surface area contributed by atoms with Crippen LogP contribution in [0.1, 0.15) is 67.0 Å². The molecular formula is C31H39ClN4O4S. The van der Waals surface area contributed by atoms with Crippen LogP contribution in [0.5, 0.6) is 0 Å². The Bertz CT molecular complexity index is 1540. The van der Waals surface area contributed by atoms with E-state index >= 15 is 0 Å². The second kappa shape index (κ2) is 12.4. The highest BCUT2D eigenvalue weighted by Crippen LogP contribution is 2.34. The molecule has 1 aliphatic heterocycles. The smallest absolute Gasteiger partial charge is 0.256 e. The van der Waals surface area contributed by atoms with Crippen molar-refractivity contribution in [2.75, 3.05) is 13.1 Å². The Morgan fingerprint density at radius 1 is 1.20 bits per heavy atom. The maximum Gasteiger partial charge on any atom is 0.256 e.